The molecule has 0 bridgehead atoms. The second kappa shape index (κ2) is 4.98. The highest BCUT2D eigenvalue weighted by molar-refractivity contribution is 7.88. The zero-order valence-electron chi connectivity index (χ0n) is 9.41. The standard InChI is InChI=1S/C11H5Cl2F3O3S/c12-7-5-4-6-2-1-3-8(9(6)10(7)13)19-20(17,18)11(14,15)16/h1-5H. The second-order valence-corrected chi connectivity index (χ2v) is 6.02. The minimum absolute atomic E-state index is 0.00510. The van der Waals surface area contributed by atoms with Crippen molar-refractivity contribution in [2.75, 3.05) is 0 Å². The molecule has 0 saturated carbocycles. The highest BCUT2D eigenvalue weighted by atomic mass is 35.5. The van der Waals surface area contributed by atoms with Crippen LogP contribution in [0.3, 0.4) is 0 Å². The average molecular weight is 345 g/mol. The maximum Gasteiger partial charge on any atom is 0.534 e. The van der Waals surface area contributed by atoms with Gasteiger partial charge in [0.1, 0.15) is 0 Å². The minimum Gasteiger partial charge on any atom is -0.375 e. The van der Waals surface area contributed by atoms with Crippen LogP contribution in [0.25, 0.3) is 10.8 Å². The van der Waals surface area contributed by atoms with Crippen molar-refractivity contribution in [3.05, 3.63) is 40.4 Å². The molecule has 0 amide bonds. The van der Waals surface area contributed by atoms with Crippen LogP contribution in [0, 0.1) is 0 Å². The number of fused-ring (bicyclic) bond motifs is 1. The Morgan fingerprint density at radius 2 is 1.70 bits per heavy atom. The lowest BCUT2D eigenvalue weighted by atomic mass is 10.1. The molecule has 0 saturated heterocycles. The summed E-state index contributed by atoms with van der Waals surface area (Å²) in [7, 11) is -5.77. The van der Waals surface area contributed by atoms with Gasteiger partial charge >= 0.3 is 15.6 Å². The van der Waals surface area contributed by atoms with Gasteiger partial charge in [-0.3, -0.25) is 0 Å². The maximum atomic E-state index is 12.3. The van der Waals surface area contributed by atoms with Gasteiger partial charge in [0.15, 0.2) is 5.75 Å². The van der Waals surface area contributed by atoms with Gasteiger partial charge in [0.05, 0.1) is 10.0 Å². The molecule has 0 aromatic heterocycles. The summed E-state index contributed by atoms with van der Waals surface area (Å²) in [6.07, 6.45) is 0. The lowest BCUT2D eigenvalue weighted by Gasteiger charge is -2.12. The molecule has 0 radical (unpaired) electrons. The first-order valence-electron chi connectivity index (χ1n) is 5.01. The van der Waals surface area contributed by atoms with Gasteiger partial charge in [-0.2, -0.15) is 21.6 Å². The van der Waals surface area contributed by atoms with Gasteiger partial charge < -0.3 is 4.18 Å². The number of rotatable bonds is 2. The van der Waals surface area contributed by atoms with E-state index in [2.05, 4.69) is 4.18 Å². The Morgan fingerprint density at radius 3 is 2.30 bits per heavy atom. The quantitative estimate of drug-likeness (QED) is 0.600. The second-order valence-electron chi connectivity index (χ2n) is 3.70. The Hall–Kier alpha value is -1.18. The zero-order valence-corrected chi connectivity index (χ0v) is 11.7. The number of benzene rings is 2. The normalized spacial score (nSPS) is 12.7. The van der Waals surface area contributed by atoms with E-state index in [1.807, 2.05) is 0 Å². The Balaban J connectivity index is 2.65. The molecule has 9 heteroatoms. The largest absolute Gasteiger partial charge is 0.534 e. The molecular weight excluding hydrogens is 340 g/mol. The van der Waals surface area contributed by atoms with Crippen molar-refractivity contribution in [1.29, 1.82) is 0 Å². The van der Waals surface area contributed by atoms with E-state index in [-0.39, 0.29) is 15.4 Å². The number of hydrogen-bond donors (Lipinski definition) is 0. The molecule has 0 atom stereocenters. The molecule has 0 aliphatic heterocycles. The Bertz CT molecular complexity index is 772. The first-order chi connectivity index (χ1) is 9.13. The summed E-state index contributed by atoms with van der Waals surface area (Å²) in [5.74, 6) is -0.535. The Kier molecular flexibility index (Phi) is 3.79. The molecular formula is C11H5Cl2F3O3S. The van der Waals surface area contributed by atoms with Gasteiger partial charge in [0, 0.05) is 5.39 Å². The van der Waals surface area contributed by atoms with Crippen LogP contribution in [-0.2, 0) is 10.1 Å². The summed E-state index contributed by atoms with van der Waals surface area (Å²) < 4.78 is 63.2. The molecule has 20 heavy (non-hydrogen) atoms. The molecule has 108 valence electrons. The van der Waals surface area contributed by atoms with E-state index >= 15 is 0 Å². The number of halogens is 5. The molecule has 0 spiro atoms. The molecule has 2 aromatic carbocycles. The lowest BCUT2D eigenvalue weighted by Crippen LogP contribution is -2.28. The molecule has 0 unspecified atom stereocenters. The molecule has 0 fully saturated rings. The van der Waals surface area contributed by atoms with Crippen molar-refractivity contribution in [2.24, 2.45) is 0 Å². The first kappa shape index (κ1) is 15.2. The van der Waals surface area contributed by atoms with Gasteiger partial charge in [-0.15, -0.1) is 0 Å². The summed E-state index contributed by atoms with van der Waals surface area (Å²) in [4.78, 5) is 0. The van der Waals surface area contributed by atoms with Crippen molar-refractivity contribution >= 4 is 44.1 Å². The fourth-order valence-electron chi connectivity index (χ4n) is 1.51. The smallest absolute Gasteiger partial charge is 0.375 e. The van der Waals surface area contributed by atoms with Crippen LogP contribution in [0.2, 0.25) is 10.0 Å². The maximum absolute atomic E-state index is 12.3. The highest BCUT2D eigenvalue weighted by Crippen LogP contribution is 2.38. The van der Waals surface area contributed by atoms with Gasteiger partial charge in [0.2, 0.25) is 0 Å². The summed E-state index contributed by atoms with van der Waals surface area (Å²) in [6, 6.07) is 6.86. The van der Waals surface area contributed by atoms with Crippen LogP contribution in [0.1, 0.15) is 0 Å². The van der Waals surface area contributed by atoms with Crippen LogP contribution < -0.4 is 4.18 Å². The van der Waals surface area contributed by atoms with Crippen LogP contribution in [-0.4, -0.2) is 13.9 Å². The molecule has 2 aromatic rings. The van der Waals surface area contributed by atoms with Crippen LogP contribution in [0.5, 0.6) is 5.75 Å². The summed E-state index contributed by atoms with van der Waals surface area (Å²) in [6.45, 7) is 0. The molecule has 0 N–H and O–H groups in total. The molecule has 0 aliphatic rings. The van der Waals surface area contributed by atoms with Crippen molar-refractivity contribution < 1.29 is 25.8 Å². The first-order valence-corrected chi connectivity index (χ1v) is 7.17. The summed E-state index contributed by atoms with van der Waals surface area (Å²) >= 11 is 11.6. The van der Waals surface area contributed by atoms with Crippen LogP contribution >= 0.6 is 23.2 Å². The van der Waals surface area contributed by atoms with E-state index in [1.54, 1.807) is 0 Å². The van der Waals surface area contributed by atoms with Crippen LogP contribution in [0.4, 0.5) is 13.2 Å². The van der Waals surface area contributed by atoms with E-state index in [1.165, 1.54) is 24.3 Å². The summed E-state index contributed by atoms with van der Waals surface area (Å²) in [5, 5.41) is 0.375. The van der Waals surface area contributed by atoms with Crippen molar-refractivity contribution in [3.63, 3.8) is 0 Å². The monoisotopic (exact) mass is 344 g/mol. The van der Waals surface area contributed by atoms with E-state index in [0.29, 0.717) is 5.39 Å². The third-order valence-corrected chi connectivity index (χ3v) is 4.15. The van der Waals surface area contributed by atoms with Crippen LogP contribution in [0.15, 0.2) is 30.3 Å². The summed E-state index contributed by atoms with van der Waals surface area (Å²) in [5.41, 5.74) is -5.53. The predicted molar refractivity (Wildman–Crippen MR) is 69.6 cm³/mol. The molecule has 0 heterocycles. The van der Waals surface area contributed by atoms with E-state index in [4.69, 9.17) is 23.2 Å². The minimum atomic E-state index is -5.77. The Morgan fingerprint density at radius 1 is 1.05 bits per heavy atom. The molecule has 0 aliphatic carbocycles. The third-order valence-electron chi connectivity index (χ3n) is 2.38. The van der Waals surface area contributed by atoms with Crippen molar-refractivity contribution in [1.82, 2.24) is 0 Å². The fraction of sp³-hybridized carbons (Fsp3) is 0.0909. The van der Waals surface area contributed by atoms with Crippen molar-refractivity contribution in [3.8, 4) is 5.75 Å². The number of hydrogen-bond acceptors (Lipinski definition) is 3. The van der Waals surface area contributed by atoms with E-state index < -0.39 is 21.4 Å². The van der Waals surface area contributed by atoms with E-state index in [9.17, 15) is 21.6 Å². The zero-order chi connectivity index (χ0) is 15.1. The number of alkyl halides is 3. The predicted octanol–water partition coefficient (Wildman–Crippen LogP) is 4.38. The lowest BCUT2D eigenvalue weighted by molar-refractivity contribution is -0.0499. The fourth-order valence-corrected chi connectivity index (χ4v) is 2.40. The van der Waals surface area contributed by atoms with Gasteiger partial charge in [-0.1, -0.05) is 41.4 Å². The topological polar surface area (TPSA) is 43.4 Å². The van der Waals surface area contributed by atoms with Gasteiger partial charge in [-0.25, -0.2) is 0 Å². The van der Waals surface area contributed by atoms with E-state index in [0.717, 1.165) is 6.07 Å². The average Bonchev–Trinajstić information content (AvgIpc) is 2.32. The van der Waals surface area contributed by atoms with Gasteiger partial charge in [-0.05, 0) is 17.5 Å². The Labute approximate surface area is 122 Å². The SMILES string of the molecule is O=S(=O)(Oc1cccc2ccc(Cl)c(Cl)c12)C(F)(F)F. The van der Waals surface area contributed by atoms with Crippen molar-refractivity contribution in [2.45, 2.75) is 5.51 Å². The molecule has 2 rings (SSSR count). The molecule has 3 nitrogen and oxygen atoms in total. The highest BCUT2D eigenvalue weighted by Gasteiger charge is 2.48. The third kappa shape index (κ3) is 2.65. The van der Waals surface area contributed by atoms with Gasteiger partial charge in [0.25, 0.3) is 0 Å².